The maximum Gasteiger partial charge on any atom is 0.336 e. The van der Waals surface area contributed by atoms with Gasteiger partial charge in [-0.3, -0.25) is 14.6 Å². The summed E-state index contributed by atoms with van der Waals surface area (Å²) in [5, 5.41) is 0. The molecule has 0 saturated heterocycles. The average Bonchev–Trinajstić information content (AvgIpc) is 3.03. The Labute approximate surface area is 262 Å². The lowest BCUT2D eigenvalue weighted by Crippen LogP contribution is -2.45. The maximum absolute atomic E-state index is 13.2. The molecule has 0 saturated carbocycles. The second-order valence-electron chi connectivity index (χ2n) is 10.0. The van der Waals surface area contributed by atoms with Crippen molar-refractivity contribution in [2.75, 3.05) is 86.9 Å². The smallest absolute Gasteiger partial charge is 0.336 e. The molecule has 250 valence electrons. The maximum atomic E-state index is 13.2. The average molecular weight is 638 g/mol. The second-order valence-corrected chi connectivity index (χ2v) is 10.0. The van der Waals surface area contributed by atoms with Gasteiger partial charge >= 0.3 is 11.9 Å². The molecule has 0 fully saturated rings. The first-order chi connectivity index (χ1) is 21.7. The summed E-state index contributed by atoms with van der Waals surface area (Å²) in [7, 11) is 3.16. The Morgan fingerprint density at radius 1 is 0.844 bits per heavy atom. The normalized spacial score (nSPS) is 19.5. The Morgan fingerprint density at radius 2 is 1.40 bits per heavy atom. The van der Waals surface area contributed by atoms with Crippen molar-refractivity contribution >= 4 is 23.4 Å². The van der Waals surface area contributed by atoms with Gasteiger partial charge in [-0.1, -0.05) is 0 Å². The Morgan fingerprint density at radius 3 is 2.00 bits per heavy atom. The van der Waals surface area contributed by atoms with Crippen LogP contribution in [0.4, 0.5) is 0 Å². The monoisotopic (exact) mass is 637 g/mol. The largest absolute Gasteiger partial charge is 0.481 e. The molecule has 2 atom stereocenters. The molecule has 1 heterocycles. The van der Waals surface area contributed by atoms with E-state index < -0.39 is 29.9 Å². The molecule has 0 bridgehead atoms. The van der Waals surface area contributed by atoms with Crippen molar-refractivity contribution in [1.82, 2.24) is 0 Å². The SMILES string of the molecule is COCCOCCOCCOC(=O)C1=CC(N)=C(C)C2OC3=C(C)C(=O)C(N)=C(OC(=O)CCOCCOCCOC)C3=NC12. The highest BCUT2D eigenvalue weighted by Gasteiger charge is 2.45. The molecule has 0 amide bonds. The molecule has 3 rings (SSSR count). The van der Waals surface area contributed by atoms with Crippen LogP contribution in [-0.2, 0) is 57.0 Å². The third-order valence-electron chi connectivity index (χ3n) is 6.88. The number of esters is 2. The summed E-state index contributed by atoms with van der Waals surface area (Å²) in [4.78, 5) is 43.5. The van der Waals surface area contributed by atoms with E-state index in [1.807, 2.05) is 0 Å². The number of nitrogens with zero attached hydrogens (tertiary/aromatic N) is 1. The van der Waals surface area contributed by atoms with E-state index in [0.29, 0.717) is 57.5 Å². The lowest BCUT2D eigenvalue weighted by Gasteiger charge is -2.38. The predicted octanol–water partition coefficient (Wildman–Crippen LogP) is 0.230. The van der Waals surface area contributed by atoms with Crippen LogP contribution in [0.15, 0.2) is 50.7 Å². The van der Waals surface area contributed by atoms with Gasteiger partial charge in [0.05, 0.1) is 78.1 Å². The molecular weight excluding hydrogens is 594 g/mol. The molecule has 1 aliphatic heterocycles. The summed E-state index contributed by atoms with van der Waals surface area (Å²) in [6.45, 7) is 6.59. The highest BCUT2D eigenvalue weighted by molar-refractivity contribution is 6.25. The van der Waals surface area contributed by atoms with Crippen LogP contribution in [0.25, 0.3) is 0 Å². The van der Waals surface area contributed by atoms with Gasteiger partial charge in [-0.15, -0.1) is 0 Å². The van der Waals surface area contributed by atoms with E-state index in [0.717, 1.165) is 0 Å². The first-order valence-electron chi connectivity index (χ1n) is 14.6. The zero-order chi connectivity index (χ0) is 32.8. The third kappa shape index (κ3) is 9.94. The summed E-state index contributed by atoms with van der Waals surface area (Å²) in [6, 6.07) is -0.914. The van der Waals surface area contributed by atoms with Gasteiger partial charge in [0.25, 0.3) is 0 Å². The zero-order valence-corrected chi connectivity index (χ0v) is 26.2. The minimum absolute atomic E-state index is 0.0263. The zero-order valence-electron chi connectivity index (χ0n) is 26.2. The fourth-order valence-corrected chi connectivity index (χ4v) is 4.37. The molecule has 45 heavy (non-hydrogen) atoms. The van der Waals surface area contributed by atoms with Crippen LogP contribution in [-0.4, -0.2) is 122 Å². The standard InChI is InChI=1S/C30H43N3O12/c1-18-21(31)17-20(30(36)43-16-15-42-14-13-41-10-8-38-4)24-27(18)45-28-19(2)26(35)23(32)29(25(28)33-24)44-22(34)5-6-39-11-12-40-9-7-37-3/h17,24,27H,5-16,31-32H2,1-4H3. The number of rotatable bonds is 20. The lowest BCUT2D eigenvalue weighted by molar-refractivity contribution is -0.142. The van der Waals surface area contributed by atoms with Crippen LogP contribution in [0.1, 0.15) is 20.3 Å². The molecule has 0 aromatic carbocycles. The van der Waals surface area contributed by atoms with E-state index in [9.17, 15) is 14.4 Å². The Kier molecular flexibility index (Phi) is 14.7. The van der Waals surface area contributed by atoms with Gasteiger partial charge in [0, 0.05) is 25.5 Å². The van der Waals surface area contributed by atoms with Gasteiger partial charge in [-0.2, -0.15) is 0 Å². The quantitative estimate of drug-likeness (QED) is 0.104. The van der Waals surface area contributed by atoms with Crippen LogP contribution in [0, 0.1) is 0 Å². The van der Waals surface area contributed by atoms with Gasteiger partial charge in [0.1, 0.15) is 30.2 Å². The van der Waals surface area contributed by atoms with Gasteiger partial charge < -0.3 is 54.1 Å². The van der Waals surface area contributed by atoms with Crippen LogP contribution >= 0.6 is 0 Å². The number of nitrogens with two attached hydrogens (primary N) is 2. The number of allylic oxidation sites excluding steroid dienone is 2. The molecule has 0 aromatic heterocycles. The van der Waals surface area contributed by atoms with Gasteiger partial charge in [0.15, 0.2) is 11.5 Å². The number of methoxy groups -OCH3 is 2. The van der Waals surface area contributed by atoms with Gasteiger partial charge in [-0.25, -0.2) is 4.79 Å². The number of carbonyl (C=O) groups is 3. The van der Waals surface area contributed by atoms with Crippen molar-refractivity contribution in [2.24, 2.45) is 16.5 Å². The molecule has 15 nitrogen and oxygen atoms in total. The molecule has 2 unspecified atom stereocenters. The molecule has 3 aliphatic rings. The predicted molar refractivity (Wildman–Crippen MR) is 159 cm³/mol. The number of Topliss-reactive ketones (excluding diaryl/α,β-unsaturated/α-hetero) is 1. The number of fused-ring (bicyclic) bond motifs is 2. The first kappa shape index (κ1) is 35.9. The van der Waals surface area contributed by atoms with Crippen LogP contribution in [0.2, 0.25) is 0 Å². The molecule has 2 aliphatic carbocycles. The van der Waals surface area contributed by atoms with E-state index in [1.165, 1.54) is 13.0 Å². The summed E-state index contributed by atoms with van der Waals surface area (Å²) >= 11 is 0. The molecule has 0 aromatic rings. The highest BCUT2D eigenvalue weighted by Crippen LogP contribution is 2.38. The van der Waals surface area contributed by atoms with Crippen molar-refractivity contribution in [3.05, 3.63) is 45.7 Å². The van der Waals surface area contributed by atoms with E-state index in [2.05, 4.69) is 0 Å². The fourth-order valence-electron chi connectivity index (χ4n) is 4.37. The Balaban J connectivity index is 1.67. The fraction of sp³-hybridized carbons (Fsp3) is 0.600. The van der Waals surface area contributed by atoms with Crippen molar-refractivity contribution in [1.29, 1.82) is 0 Å². The van der Waals surface area contributed by atoms with Crippen molar-refractivity contribution in [2.45, 2.75) is 32.4 Å². The minimum atomic E-state index is -0.914. The summed E-state index contributed by atoms with van der Waals surface area (Å²) in [6.07, 6.45) is 0.537. The van der Waals surface area contributed by atoms with E-state index in [-0.39, 0.29) is 66.9 Å². The van der Waals surface area contributed by atoms with Crippen molar-refractivity contribution < 1.29 is 57.0 Å². The molecule has 4 N–H and O–H groups in total. The molecule has 0 spiro atoms. The van der Waals surface area contributed by atoms with E-state index >= 15 is 0 Å². The number of aliphatic imine (C=N–C) groups is 1. The highest BCUT2D eigenvalue weighted by atomic mass is 16.6. The van der Waals surface area contributed by atoms with E-state index in [1.54, 1.807) is 21.1 Å². The number of carbonyl (C=O) groups excluding carboxylic acids is 3. The van der Waals surface area contributed by atoms with Crippen molar-refractivity contribution in [3.63, 3.8) is 0 Å². The third-order valence-corrected chi connectivity index (χ3v) is 6.88. The topological polar surface area (TPSA) is 199 Å². The Hall–Kier alpha value is -3.60. The first-order valence-corrected chi connectivity index (χ1v) is 14.6. The molecular formula is C30H43N3O12. The van der Waals surface area contributed by atoms with Gasteiger partial charge in [-0.05, 0) is 25.5 Å². The van der Waals surface area contributed by atoms with E-state index in [4.69, 9.17) is 59.1 Å². The minimum Gasteiger partial charge on any atom is -0.481 e. The molecule has 15 heteroatoms. The number of ether oxygens (including phenoxy) is 9. The Bertz CT molecular complexity index is 1240. The lowest BCUT2D eigenvalue weighted by atomic mass is 9.86. The number of ketones is 1. The summed E-state index contributed by atoms with van der Waals surface area (Å²) in [5.74, 6) is -2.11. The van der Waals surface area contributed by atoms with Crippen molar-refractivity contribution in [3.8, 4) is 0 Å². The summed E-state index contributed by atoms with van der Waals surface area (Å²) in [5.41, 5.74) is 13.3. The summed E-state index contributed by atoms with van der Waals surface area (Å²) < 4.78 is 48.4. The van der Waals surface area contributed by atoms with Crippen LogP contribution in [0.5, 0.6) is 0 Å². The second kappa shape index (κ2) is 18.4. The van der Waals surface area contributed by atoms with Gasteiger partial charge in [0.2, 0.25) is 5.78 Å². The molecule has 0 radical (unpaired) electrons. The number of hydrogen-bond donors (Lipinski definition) is 2. The number of hydrogen-bond acceptors (Lipinski definition) is 15. The van der Waals surface area contributed by atoms with Crippen LogP contribution in [0.3, 0.4) is 0 Å². The van der Waals surface area contributed by atoms with Crippen LogP contribution < -0.4 is 11.5 Å².